The fourth-order valence-electron chi connectivity index (χ4n) is 0.905. The number of hydrogen-bond acceptors (Lipinski definition) is 1. The van der Waals surface area contributed by atoms with Gasteiger partial charge in [-0.15, -0.1) is 0 Å². The highest BCUT2D eigenvalue weighted by Gasteiger charge is 1.90. The van der Waals surface area contributed by atoms with Crippen molar-refractivity contribution < 1.29 is 0 Å². The predicted octanol–water partition coefficient (Wildman–Crippen LogP) is 2.89. The maximum atomic E-state index is 5.02. The molecule has 2 heteroatoms. The number of rotatable bonds is 6. The van der Waals surface area contributed by atoms with Crippen LogP contribution in [0.2, 0.25) is 0 Å². The van der Waals surface area contributed by atoms with Crippen molar-refractivity contribution in [2.45, 2.75) is 46.0 Å². The Morgan fingerprint density at radius 2 is 1.91 bits per heavy atom. The minimum absolute atomic E-state index is 0.975. The second kappa shape index (κ2) is 7.99. The van der Waals surface area contributed by atoms with Gasteiger partial charge in [0, 0.05) is 6.54 Å². The van der Waals surface area contributed by atoms with E-state index in [4.69, 9.17) is 12.2 Å². The van der Waals surface area contributed by atoms with Crippen LogP contribution in [0.3, 0.4) is 0 Å². The standard InChI is InChI=1S/C9H19NS/c1-3-5-6-7-8-10-9(11)4-2/h3-8H2,1-2H3,(H,10,11). The maximum Gasteiger partial charge on any atom is 0.0750 e. The third kappa shape index (κ3) is 7.79. The molecule has 11 heavy (non-hydrogen) atoms. The highest BCUT2D eigenvalue weighted by Crippen LogP contribution is 1.97. The van der Waals surface area contributed by atoms with Gasteiger partial charge in [-0.1, -0.05) is 45.3 Å². The molecule has 0 atom stereocenters. The van der Waals surface area contributed by atoms with Crippen LogP contribution in [0.15, 0.2) is 0 Å². The predicted molar refractivity (Wildman–Crippen MR) is 55.0 cm³/mol. The molecule has 0 radical (unpaired) electrons. The molecule has 0 aromatic carbocycles. The van der Waals surface area contributed by atoms with Crippen molar-refractivity contribution in [3.63, 3.8) is 0 Å². The van der Waals surface area contributed by atoms with Gasteiger partial charge in [-0.25, -0.2) is 0 Å². The van der Waals surface area contributed by atoms with Crippen LogP contribution in [-0.4, -0.2) is 11.5 Å². The number of unbranched alkanes of at least 4 members (excludes halogenated alkanes) is 3. The van der Waals surface area contributed by atoms with Crippen LogP contribution in [-0.2, 0) is 0 Å². The zero-order valence-corrected chi connectivity index (χ0v) is 8.47. The van der Waals surface area contributed by atoms with Crippen molar-refractivity contribution in [3.05, 3.63) is 0 Å². The molecule has 0 spiro atoms. The van der Waals surface area contributed by atoms with Gasteiger partial charge in [0.1, 0.15) is 0 Å². The lowest BCUT2D eigenvalue weighted by Crippen LogP contribution is -2.21. The van der Waals surface area contributed by atoms with Crippen molar-refractivity contribution in [1.29, 1.82) is 0 Å². The molecule has 0 rings (SSSR count). The van der Waals surface area contributed by atoms with E-state index in [0.717, 1.165) is 18.0 Å². The first-order valence-corrected chi connectivity index (χ1v) is 4.98. The molecule has 0 aromatic rings. The minimum Gasteiger partial charge on any atom is -0.380 e. The summed E-state index contributed by atoms with van der Waals surface area (Å²) in [6.45, 7) is 5.37. The molecule has 1 N–H and O–H groups in total. The van der Waals surface area contributed by atoms with Crippen LogP contribution in [0.25, 0.3) is 0 Å². The SMILES string of the molecule is CCCCCCNC(=S)CC. The van der Waals surface area contributed by atoms with Gasteiger partial charge in [0.15, 0.2) is 0 Å². The van der Waals surface area contributed by atoms with Gasteiger partial charge in [0.2, 0.25) is 0 Å². The van der Waals surface area contributed by atoms with Gasteiger partial charge in [-0.3, -0.25) is 0 Å². The molecule has 0 fully saturated rings. The third-order valence-electron chi connectivity index (χ3n) is 1.67. The topological polar surface area (TPSA) is 12.0 Å². The Balaban J connectivity index is 2.95. The quantitative estimate of drug-likeness (QED) is 0.489. The highest BCUT2D eigenvalue weighted by atomic mass is 32.1. The van der Waals surface area contributed by atoms with E-state index < -0.39 is 0 Å². The summed E-state index contributed by atoms with van der Waals surface area (Å²) in [6.07, 6.45) is 6.21. The molecule has 0 amide bonds. The molecule has 0 unspecified atom stereocenters. The Hall–Kier alpha value is -0.110. The number of thiocarbonyl (C=S) groups is 1. The summed E-state index contributed by atoms with van der Waals surface area (Å²) in [6, 6.07) is 0. The van der Waals surface area contributed by atoms with Crippen molar-refractivity contribution in [2.24, 2.45) is 0 Å². The molecular formula is C9H19NS. The van der Waals surface area contributed by atoms with Gasteiger partial charge in [0.05, 0.1) is 4.99 Å². The molecule has 0 aliphatic rings. The average molecular weight is 173 g/mol. The smallest absolute Gasteiger partial charge is 0.0750 e. The van der Waals surface area contributed by atoms with Crippen LogP contribution in [0.1, 0.15) is 46.0 Å². The Morgan fingerprint density at radius 1 is 1.18 bits per heavy atom. The normalized spacial score (nSPS) is 9.64. The molecule has 0 heterocycles. The summed E-state index contributed by atoms with van der Waals surface area (Å²) >= 11 is 5.02. The zero-order valence-electron chi connectivity index (χ0n) is 7.65. The lowest BCUT2D eigenvalue weighted by atomic mass is 10.2. The van der Waals surface area contributed by atoms with E-state index >= 15 is 0 Å². The Labute approximate surface area is 75.6 Å². The van der Waals surface area contributed by atoms with E-state index in [0.29, 0.717) is 0 Å². The lowest BCUT2D eigenvalue weighted by Gasteiger charge is -2.04. The Bertz CT molecular complexity index is 102. The number of hydrogen-bond donors (Lipinski definition) is 1. The fourth-order valence-corrected chi connectivity index (χ4v) is 1.01. The van der Waals surface area contributed by atoms with Gasteiger partial charge < -0.3 is 5.32 Å². The van der Waals surface area contributed by atoms with Crippen LogP contribution in [0, 0.1) is 0 Å². The molecule has 0 saturated heterocycles. The van der Waals surface area contributed by atoms with E-state index in [2.05, 4.69) is 19.2 Å². The van der Waals surface area contributed by atoms with Crippen molar-refractivity contribution >= 4 is 17.2 Å². The zero-order chi connectivity index (χ0) is 8.53. The van der Waals surface area contributed by atoms with Gasteiger partial charge in [-0.2, -0.15) is 0 Å². The van der Waals surface area contributed by atoms with Crippen molar-refractivity contribution in [3.8, 4) is 0 Å². The molecule has 0 aliphatic carbocycles. The molecule has 0 aliphatic heterocycles. The summed E-state index contributed by atoms with van der Waals surface area (Å²) in [5.74, 6) is 0. The second-order valence-electron chi connectivity index (χ2n) is 2.76. The van der Waals surface area contributed by atoms with Gasteiger partial charge >= 0.3 is 0 Å². The van der Waals surface area contributed by atoms with E-state index in [1.54, 1.807) is 0 Å². The van der Waals surface area contributed by atoms with E-state index in [1.807, 2.05) is 0 Å². The first-order chi connectivity index (χ1) is 5.31. The van der Waals surface area contributed by atoms with Gasteiger partial charge in [0.25, 0.3) is 0 Å². The summed E-state index contributed by atoms with van der Waals surface area (Å²) in [7, 11) is 0. The lowest BCUT2D eigenvalue weighted by molar-refractivity contribution is 0.654. The number of nitrogens with one attached hydrogen (secondary N) is 1. The molecular weight excluding hydrogens is 154 g/mol. The Kier molecular flexibility index (Phi) is 7.91. The van der Waals surface area contributed by atoms with Crippen molar-refractivity contribution in [1.82, 2.24) is 5.32 Å². The van der Waals surface area contributed by atoms with Crippen LogP contribution >= 0.6 is 12.2 Å². The first kappa shape index (κ1) is 10.9. The van der Waals surface area contributed by atoms with Crippen LogP contribution < -0.4 is 5.32 Å². The molecule has 66 valence electrons. The van der Waals surface area contributed by atoms with E-state index in [-0.39, 0.29) is 0 Å². The second-order valence-corrected chi connectivity index (χ2v) is 3.26. The molecule has 0 bridgehead atoms. The minimum atomic E-state index is 0.975. The van der Waals surface area contributed by atoms with E-state index in [9.17, 15) is 0 Å². The van der Waals surface area contributed by atoms with Crippen molar-refractivity contribution in [2.75, 3.05) is 6.54 Å². The summed E-state index contributed by atoms with van der Waals surface area (Å²) in [5.41, 5.74) is 0. The van der Waals surface area contributed by atoms with Gasteiger partial charge in [-0.05, 0) is 12.8 Å². The first-order valence-electron chi connectivity index (χ1n) is 4.58. The third-order valence-corrected chi connectivity index (χ3v) is 2.11. The van der Waals surface area contributed by atoms with Crippen LogP contribution in [0.5, 0.6) is 0 Å². The fraction of sp³-hybridized carbons (Fsp3) is 0.889. The highest BCUT2D eigenvalue weighted by molar-refractivity contribution is 7.80. The summed E-state index contributed by atoms with van der Waals surface area (Å²) in [4.78, 5) is 1.00. The Morgan fingerprint density at radius 3 is 2.45 bits per heavy atom. The summed E-state index contributed by atoms with van der Waals surface area (Å²) in [5, 5.41) is 3.22. The molecule has 1 nitrogen and oxygen atoms in total. The van der Waals surface area contributed by atoms with Crippen LogP contribution in [0.4, 0.5) is 0 Å². The summed E-state index contributed by atoms with van der Waals surface area (Å²) < 4.78 is 0. The molecule has 0 aromatic heterocycles. The maximum absolute atomic E-state index is 5.02. The average Bonchev–Trinajstić information content (AvgIpc) is 2.04. The largest absolute Gasteiger partial charge is 0.380 e. The monoisotopic (exact) mass is 173 g/mol. The van der Waals surface area contributed by atoms with E-state index in [1.165, 1.54) is 25.7 Å². The molecule has 0 saturated carbocycles.